The van der Waals surface area contributed by atoms with Gasteiger partial charge in [-0.25, -0.2) is 0 Å². The number of rotatable bonds is 7. The molecule has 0 aromatic heterocycles. The van der Waals surface area contributed by atoms with Crippen molar-refractivity contribution in [2.24, 2.45) is 0 Å². The van der Waals surface area contributed by atoms with Gasteiger partial charge >= 0.3 is 0 Å². The molecule has 2 rings (SSSR count). The zero-order valence-electron chi connectivity index (χ0n) is 12.9. The molecule has 0 radical (unpaired) electrons. The highest BCUT2D eigenvalue weighted by atomic mass is 16.5. The van der Waals surface area contributed by atoms with Gasteiger partial charge in [0.1, 0.15) is 5.75 Å². The minimum Gasteiger partial charge on any atom is -0.474 e. The van der Waals surface area contributed by atoms with Crippen molar-refractivity contribution in [1.82, 2.24) is 9.80 Å². The summed E-state index contributed by atoms with van der Waals surface area (Å²) in [4.78, 5) is 4.96. The Morgan fingerprint density at radius 3 is 2.30 bits per heavy atom. The van der Waals surface area contributed by atoms with Gasteiger partial charge in [-0.1, -0.05) is 38.5 Å². The molecule has 1 heterocycles. The first-order valence-corrected chi connectivity index (χ1v) is 8.01. The lowest BCUT2D eigenvalue weighted by molar-refractivity contribution is -0.0104. The van der Waals surface area contributed by atoms with Crippen LogP contribution in [0.25, 0.3) is 0 Å². The Balaban J connectivity index is 2.02. The number of piperidine rings is 1. The van der Waals surface area contributed by atoms with Crippen LogP contribution in [0.5, 0.6) is 5.75 Å². The van der Waals surface area contributed by atoms with E-state index in [1.54, 1.807) is 0 Å². The molecular formula is C17H28N2O. The van der Waals surface area contributed by atoms with Gasteiger partial charge in [0.25, 0.3) is 0 Å². The lowest BCUT2D eigenvalue weighted by Crippen LogP contribution is -2.49. The van der Waals surface area contributed by atoms with Gasteiger partial charge in [0, 0.05) is 19.6 Å². The maximum Gasteiger partial charge on any atom is 0.165 e. The molecule has 1 aromatic rings. The quantitative estimate of drug-likeness (QED) is 0.760. The molecular weight excluding hydrogens is 248 g/mol. The SMILES string of the molecule is CCN(CC)CC(Oc1ccccc1)N1CCCCC1. The maximum absolute atomic E-state index is 6.27. The highest BCUT2D eigenvalue weighted by Crippen LogP contribution is 2.18. The Hall–Kier alpha value is -1.06. The van der Waals surface area contributed by atoms with Gasteiger partial charge < -0.3 is 4.74 Å². The van der Waals surface area contributed by atoms with Gasteiger partial charge in [0.15, 0.2) is 6.23 Å². The molecule has 112 valence electrons. The number of nitrogens with zero attached hydrogens (tertiary/aromatic N) is 2. The van der Waals surface area contributed by atoms with Crippen molar-refractivity contribution in [1.29, 1.82) is 0 Å². The molecule has 1 aliphatic heterocycles. The van der Waals surface area contributed by atoms with Crippen molar-refractivity contribution in [2.45, 2.75) is 39.3 Å². The lowest BCUT2D eigenvalue weighted by atomic mass is 10.1. The third-order valence-corrected chi connectivity index (χ3v) is 4.12. The number of ether oxygens (including phenoxy) is 1. The van der Waals surface area contributed by atoms with Crippen LogP contribution in [-0.4, -0.2) is 48.8 Å². The molecule has 0 bridgehead atoms. The minimum absolute atomic E-state index is 0.178. The first-order valence-electron chi connectivity index (χ1n) is 8.01. The van der Waals surface area contributed by atoms with E-state index in [2.05, 4.69) is 35.8 Å². The van der Waals surface area contributed by atoms with E-state index in [-0.39, 0.29) is 6.23 Å². The van der Waals surface area contributed by atoms with E-state index in [0.29, 0.717) is 0 Å². The number of likely N-dealkylation sites (tertiary alicyclic amines) is 1. The summed E-state index contributed by atoms with van der Waals surface area (Å²) in [5.41, 5.74) is 0. The van der Waals surface area contributed by atoms with Gasteiger partial charge in [-0.15, -0.1) is 0 Å². The largest absolute Gasteiger partial charge is 0.474 e. The molecule has 3 nitrogen and oxygen atoms in total. The van der Waals surface area contributed by atoms with Crippen molar-refractivity contribution in [3.8, 4) is 5.75 Å². The summed E-state index contributed by atoms with van der Waals surface area (Å²) in [6.45, 7) is 9.93. The fraction of sp³-hybridized carbons (Fsp3) is 0.647. The van der Waals surface area contributed by atoms with Crippen molar-refractivity contribution in [2.75, 3.05) is 32.7 Å². The molecule has 3 heteroatoms. The van der Waals surface area contributed by atoms with Gasteiger partial charge in [0.05, 0.1) is 0 Å². The molecule has 0 aliphatic carbocycles. The standard InChI is InChI=1S/C17H28N2O/c1-3-18(4-2)15-17(19-13-9-6-10-14-19)20-16-11-7-5-8-12-16/h5,7-8,11-12,17H,3-4,6,9-10,13-15H2,1-2H3. The first kappa shape index (κ1) is 15.3. The van der Waals surface area contributed by atoms with Crippen LogP contribution in [0, 0.1) is 0 Å². The molecule has 1 atom stereocenters. The van der Waals surface area contributed by atoms with E-state index in [4.69, 9.17) is 4.74 Å². The first-order chi connectivity index (χ1) is 9.83. The van der Waals surface area contributed by atoms with Crippen LogP contribution in [-0.2, 0) is 0 Å². The zero-order valence-corrected chi connectivity index (χ0v) is 12.9. The Bertz CT molecular complexity index is 359. The molecule has 1 saturated heterocycles. The monoisotopic (exact) mass is 276 g/mol. The molecule has 0 spiro atoms. The molecule has 1 aliphatic rings. The van der Waals surface area contributed by atoms with Crippen LogP contribution in [0.4, 0.5) is 0 Å². The van der Waals surface area contributed by atoms with Gasteiger partial charge in [-0.3, -0.25) is 9.80 Å². The highest BCUT2D eigenvalue weighted by Gasteiger charge is 2.23. The summed E-state index contributed by atoms with van der Waals surface area (Å²) in [6.07, 6.45) is 4.14. The number of benzene rings is 1. The van der Waals surface area contributed by atoms with Crippen LogP contribution >= 0.6 is 0 Å². The van der Waals surface area contributed by atoms with E-state index < -0.39 is 0 Å². The summed E-state index contributed by atoms with van der Waals surface area (Å²) < 4.78 is 6.27. The van der Waals surface area contributed by atoms with Gasteiger partial charge in [-0.05, 0) is 38.1 Å². The summed E-state index contributed by atoms with van der Waals surface area (Å²) >= 11 is 0. The number of hydrogen-bond acceptors (Lipinski definition) is 3. The molecule has 1 aromatic carbocycles. The number of likely N-dealkylation sites (N-methyl/N-ethyl adjacent to an activating group) is 1. The third kappa shape index (κ3) is 4.50. The van der Waals surface area contributed by atoms with Crippen LogP contribution < -0.4 is 4.74 Å². The molecule has 1 unspecified atom stereocenters. The average Bonchev–Trinajstić information content (AvgIpc) is 2.53. The van der Waals surface area contributed by atoms with Crippen molar-refractivity contribution < 1.29 is 4.74 Å². The van der Waals surface area contributed by atoms with Gasteiger partial charge in [0.2, 0.25) is 0 Å². The summed E-state index contributed by atoms with van der Waals surface area (Å²) in [5, 5.41) is 0. The molecule has 0 amide bonds. The molecule has 1 fully saturated rings. The summed E-state index contributed by atoms with van der Waals surface area (Å²) in [6, 6.07) is 10.2. The smallest absolute Gasteiger partial charge is 0.165 e. The van der Waals surface area contributed by atoms with E-state index in [0.717, 1.165) is 25.4 Å². The number of para-hydroxylation sites is 1. The van der Waals surface area contributed by atoms with Crippen LogP contribution in [0.15, 0.2) is 30.3 Å². The second kappa shape index (κ2) is 8.28. The second-order valence-corrected chi connectivity index (χ2v) is 5.47. The topological polar surface area (TPSA) is 15.7 Å². The molecule has 0 saturated carbocycles. The zero-order chi connectivity index (χ0) is 14.2. The van der Waals surface area contributed by atoms with Gasteiger partial charge in [-0.2, -0.15) is 0 Å². The fourth-order valence-electron chi connectivity index (χ4n) is 2.79. The van der Waals surface area contributed by atoms with Crippen molar-refractivity contribution in [3.63, 3.8) is 0 Å². The highest BCUT2D eigenvalue weighted by molar-refractivity contribution is 5.21. The average molecular weight is 276 g/mol. The van der Waals surface area contributed by atoms with E-state index in [9.17, 15) is 0 Å². The summed E-state index contributed by atoms with van der Waals surface area (Å²) in [5.74, 6) is 0.982. The lowest BCUT2D eigenvalue weighted by Gasteiger charge is -2.37. The van der Waals surface area contributed by atoms with Crippen molar-refractivity contribution in [3.05, 3.63) is 30.3 Å². The fourth-order valence-corrected chi connectivity index (χ4v) is 2.79. The van der Waals surface area contributed by atoms with Crippen molar-refractivity contribution >= 4 is 0 Å². The Kier molecular flexibility index (Phi) is 6.34. The van der Waals surface area contributed by atoms with E-state index >= 15 is 0 Å². The molecule has 20 heavy (non-hydrogen) atoms. The Morgan fingerprint density at radius 2 is 1.70 bits per heavy atom. The Morgan fingerprint density at radius 1 is 1.05 bits per heavy atom. The number of hydrogen-bond donors (Lipinski definition) is 0. The third-order valence-electron chi connectivity index (χ3n) is 4.12. The minimum atomic E-state index is 0.178. The predicted octanol–water partition coefficient (Wildman–Crippen LogP) is 3.22. The van der Waals surface area contributed by atoms with E-state index in [1.165, 1.54) is 32.4 Å². The van der Waals surface area contributed by atoms with Crippen LogP contribution in [0.1, 0.15) is 33.1 Å². The molecule has 0 N–H and O–H groups in total. The van der Waals surface area contributed by atoms with Crippen LogP contribution in [0.3, 0.4) is 0 Å². The maximum atomic E-state index is 6.27. The Labute approximate surface area is 123 Å². The second-order valence-electron chi connectivity index (χ2n) is 5.47. The van der Waals surface area contributed by atoms with Crippen LogP contribution in [0.2, 0.25) is 0 Å². The normalized spacial score (nSPS) is 18.1. The summed E-state index contributed by atoms with van der Waals surface area (Å²) in [7, 11) is 0. The van der Waals surface area contributed by atoms with E-state index in [1.807, 2.05) is 18.2 Å². The predicted molar refractivity (Wildman–Crippen MR) is 84.1 cm³/mol.